The molecule has 3 nitrogen and oxygen atoms in total. The summed E-state index contributed by atoms with van der Waals surface area (Å²) >= 11 is 0. The van der Waals surface area contributed by atoms with Gasteiger partial charge in [-0.05, 0) is 41.8 Å². The molecule has 1 aromatic heterocycles. The molecule has 0 spiro atoms. The zero-order valence-electron chi connectivity index (χ0n) is 12.8. The molecule has 0 N–H and O–H groups in total. The maximum Gasteiger partial charge on any atom is 0.305 e. The lowest BCUT2D eigenvalue weighted by atomic mass is 10.00. The molecule has 0 saturated carbocycles. The molecular formula is C19H16FNO2. The van der Waals surface area contributed by atoms with Crippen LogP contribution in [0.1, 0.15) is 12.0 Å². The molecule has 0 aliphatic rings. The third kappa shape index (κ3) is 3.37. The average Bonchev–Trinajstić information content (AvgIpc) is 2.59. The second-order valence-corrected chi connectivity index (χ2v) is 5.29. The first-order chi connectivity index (χ1) is 11.2. The number of rotatable bonds is 4. The number of aromatic nitrogens is 1. The van der Waals surface area contributed by atoms with Crippen molar-refractivity contribution >= 4 is 16.9 Å². The fourth-order valence-corrected chi connectivity index (χ4v) is 2.59. The van der Waals surface area contributed by atoms with Crippen molar-refractivity contribution < 1.29 is 13.9 Å². The molecule has 4 heteroatoms. The number of esters is 1. The Morgan fingerprint density at radius 1 is 1.13 bits per heavy atom. The van der Waals surface area contributed by atoms with Crippen molar-refractivity contribution in [2.45, 2.75) is 12.8 Å². The van der Waals surface area contributed by atoms with Gasteiger partial charge in [0.1, 0.15) is 5.82 Å². The number of halogens is 1. The first-order valence-electron chi connectivity index (χ1n) is 7.38. The monoisotopic (exact) mass is 309 g/mol. The Morgan fingerprint density at radius 3 is 2.74 bits per heavy atom. The summed E-state index contributed by atoms with van der Waals surface area (Å²) in [5, 5.41) is 0.971. The Morgan fingerprint density at radius 2 is 1.96 bits per heavy atom. The van der Waals surface area contributed by atoms with E-state index in [2.05, 4.69) is 4.98 Å². The van der Waals surface area contributed by atoms with Gasteiger partial charge >= 0.3 is 5.97 Å². The highest BCUT2D eigenvalue weighted by molar-refractivity contribution is 5.86. The van der Waals surface area contributed by atoms with Crippen molar-refractivity contribution in [1.82, 2.24) is 4.98 Å². The van der Waals surface area contributed by atoms with E-state index in [-0.39, 0.29) is 11.8 Å². The molecule has 116 valence electrons. The maximum atomic E-state index is 13.4. The SMILES string of the molecule is COC(=O)CCc1cccc2ncc(-c3cccc(F)c3)cc12. The van der Waals surface area contributed by atoms with E-state index in [4.69, 9.17) is 4.74 Å². The number of methoxy groups -OCH3 is 1. The van der Waals surface area contributed by atoms with Crippen LogP contribution in [0.25, 0.3) is 22.0 Å². The summed E-state index contributed by atoms with van der Waals surface area (Å²) in [6, 6.07) is 14.2. The first-order valence-corrected chi connectivity index (χ1v) is 7.38. The van der Waals surface area contributed by atoms with Gasteiger partial charge in [0, 0.05) is 23.6 Å². The van der Waals surface area contributed by atoms with Gasteiger partial charge in [-0.2, -0.15) is 0 Å². The van der Waals surface area contributed by atoms with Crippen molar-refractivity contribution in [3.63, 3.8) is 0 Å². The van der Waals surface area contributed by atoms with Crippen LogP contribution in [0.2, 0.25) is 0 Å². The number of aryl methyl sites for hydroxylation is 1. The van der Waals surface area contributed by atoms with E-state index in [1.54, 1.807) is 12.3 Å². The average molecular weight is 309 g/mol. The Labute approximate surface area is 133 Å². The number of carbonyl (C=O) groups is 1. The number of ether oxygens (including phenoxy) is 1. The van der Waals surface area contributed by atoms with Crippen LogP contribution >= 0.6 is 0 Å². The quantitative estimate of drug-likeness (QED) is 0.680. The van der Waals surface area contributed by atoms with Gasteiger partial charge in [0.25, 0.3) is 0 Å². The van der Waals surface area contributed by atoms with Crippen molar-refractivity contribution in [3.8, 4) is 11.1 Å². The summed E-state index contributed by atoms with van der Waals surface area (Å²) in [6.07, 6.45) is 2.64. The Bertz CT molecular complexity index is 861. The van der Waals surface area contributed by atoms with E-state index in [9.17, 15) is 9.18 Å². The number of pyridine rings is 1. The molecule has 0 saturated heterocycles. The van der Waals surface area contributed by atoms with E-state index in [1.807, 2.05) is 30.3 Å². The molecule has 0 unspecified atom stereocenters. The number of fused-ring (bicyclic) bond motifs is 1. The molecule has 0 aliphatic heterocycles. The lowest BCUT2D eigenvalue weighted by Crippen LogP contribution is -2.02. The molecule has 0 amide bonds. The first kappa shape index (κ1) is 15.2. The van der Waals surface area contributed by atoms with Gasteiger partial charge in [-0.15, -0.1) is 0 Å². The molecule has 0 bridgehead atoms. The van der Waals surface area contributed by atoms with Crippen LogP contribution in [0.3, 0.4) is 0 Å². The highest BCUT2D eigenvalue weighted by Gasteiger charge is 2.08. The van der Waals surface area contributed by atoms with E-state index in [0.717, 1.165) is 27.6 Å². The lowest BCUT2D eigenvalue weighted by molar-refractivity contribution is -0.140. The molecule has 0 aliphatic carbocycles. The van der Waals surface area contributed by atoms with Crippen LogP contribution in [-0.2, 0) is 16.0 Å². The second-order valence-electron chi connectivity index (χ2n) is 5.29. The highest BCUT2D eigenvalue weighted by atomic mass is 19.1. The van der Waals surface area contributed by atoms with Crippen LogP contribution in [0.15, 0.2) is 54.7 Å². The third-order valence-corrected chi connectivity index (χ3v) is 3.80. The minimum Gasteiger partial charge on any atom is -0.469 e. The van der Waals surface area contributed by atoms with Gasteiger partial charge < -0.3 is 4.74 Å². The van der Waals surface area contributed by atoms with Crippen molar-refractivity contribution in [2.75, 3.05) is 7.11 Å². The van der Waals surface area contributed by atoms with Gasteiger partial charge in [0.15, 0.2) is 0 Å². The standard InChI is InChI=1S/C19H16FNO2/c1-23-19(22)9-8-13-4-3-7-18-17(13)11-15(12-21-18)14-5-2-6-16(20)10-14/h2-7,10-12H,8-9H2,1H3. The Balaban J connectivity index is 2.02. The van der Waals surface area contributed by atoms with Gasteiger partial charge in [-0.1, -0.05) is 24.3 Å². The molecular weight excluding hydrogens is 293 g/mol. The predicted molar refractivity (Wildman–Crippen MR) is 87.5 cm³/mol. The largest absolute Gasteiger partial charge is 0.469 e. The Kier molecular flexibility index (Phi) is 4.33. The molecule has 0 atom stereocenters. The van der Waals surface area contributed by atoms with Gasteiger partial charge in [-0.3, -0.25) is 9.78 Å². The van der Waals surface area contributed by atoms with Crippen molar-refractivity contribution in [3.05, 3.63) is 66.1 Å². The molecule has 3 aromatic rings. The molecule has 0 fully saturated rings. The third-order valence-electron chi connectivity index (χ3n) is 3.80. The summed E-state index contributed by atoms with van der Waals surface area (Å²) in [6.45, 7) is 0. The van der Waals surface area contributed by atoms with Crippen molar-refractivity contribution in [2.24, 2.45) is 0 Å². The molecule has 0 radical (unpaired) electrons. The fourth-order valence-electron chi connectivity index (χ4n) is 2.59. The van der Waals surface area contributed by atoms with E-state index >= 15 is 0 Å². The topological polar surface area (TPSA) is 39.2 Å². The summed E-state index contributed by atoms with van der Waals surface area (Å²) in [5.41, 5.74) is 3.51. The number of hydrogen-bond acceptors (Lipinski definition) is 3. The second kappa shape index (κ2) is 6.57. The normalized spacial score (nSPS) is 10.7. The summed E-state index contributed by atoms with van der Waals surface area (Å²) in [5.74, 6) is -0.516. The smallest absolute Gasteiger partial charge is 0.305 e. The fraction of sp³-hybridized carbons (Fsp3) is 0.158. The zero-order chi connectivity index (χ0) is 16.2. The highest BCUT2D eigenvalue weighted by Crippen LogP contribution is 2.26. The number of hydrogen-bond donors (Lipinski definition) is 0. The predicted octanol–water partition coefficient (Wildman–Crippen LogP) is 4.15. The molecule has 23 heavy (non-hydrogen) atoms. The van der Waals surface area contributed by atoms with Gasteiger partial charge in [0.2, 0.25) is 0 Å². The number of nitrogens with zero attached hydrogens (tertiary/aromatic N) is 1. The minimum atomic E-state index is -0.276. The van der Waals surface area contributed by atoms with Crippen LogP contribution in [-0.4, -0.2) is 18.1 Å². The van der Waals surface area contributed by atoms with Crippen LogP contribution in [0.4, 0.5) is 4.39 Å². The Hall–Kier alpha value is -2.75. The van der Waals surface area contributed by atoms with Crippen molar-refractivity contribution in [1.29, 1.82) is 0 Å². The van der Waals surface area contributed by atoms with E-state index in [0.29, 0.717) is 12.8 Å². The van der Waals surface area contributed by atoms with E-state index < -0.39 is 0 Å². The minimum absolute atomic E-state index is 0.240. The summed E-state index contributed by atoms with van der Waals surface area (Å²) in [4.78, 5) is 15.8. The maximum absolute atomic E-state index is 13.4. The van der Waals surface area contributed by atoms with Gasteiger partial charge in [0.05, 0.1) is 12.6 Å². The number of carbonyl (C=O) groups excluding carboxylic acids is 1. The van der Waals surface area contributed by atoms with Crippen LogP contribution < -0.4 is 0 Å². The lowest BCUT2D eigenvalue weighted by Gasteiger charge is -2.08. The molecule has 1 heterocycles. The molecule has 2 aromatic carbocycles. The van der Waals surface area contributed by atoms with Gasteiger partial charge in [-0.25, -0.2) is 4.39 Å². The summed E-state index contributed by atoms with van der Waals surface area (Å²) < 4.78 is 18.1. The van der Waals surface area contributed by atoms with Crippen LogP contribution in [0.5, 0.6) is 0 Å². The molecule has 3 rings (SSSR count). The van der Waals surface area contributed by atoms with Crippen LogP contribution in [0, 0.1) is 5.82 Å². The number of benzene rings is 2. The van der Waals surface area contributed by atoms with E-state index in [1.165, 1.54) is 19.2 Å². The summed E-state index contributed by atoms with van der Waals surface area (Å²) in [7, 11) is 1.38. The zero-order valence-corrected chi connectivity index (χ0v) is 12.8.